The van der Waals surface area contributed by atoms with Crippen molar-refractivity contribution in [1.82, 2.24) is 5.32 Å². The third-order valence-corrected chi connectivity index (χ3v) is 6.97. The van der Waals surface area contributed by atoms with Gasteiger partial charge in [-0.2, -0.15) is 0 Å². The molecule has 5 rings (SSSR count). The van der Waals surface area contributed by atoms with Gasteiger partial charge in [0.25, 0.3) is 0 Å². The number of hydrogen-bond acceptors (Lipinski definition) is 3. The standard InChI is InChI=1S/C21H16Cl2F2N2O2/c22-11-4-1-3-9(19(11)25)18-17-14(5-2-6-16(17)28)27-21(18)10-7-13(24)12(23)8-15(10)26-20(21)29/h1,3-4,7-8,14,17-18,27H,2,5-6H2,(H,26,29)/t14-,17-,18-,21+/m0/s1. The zero-order valence-corrected chi connectivity index (χ0v) is 16.6. The van der Waals surface area contributed by atoms with Crippen LogP contribution in [0, 0.1) is 17.6 Å². The third kappa shape index (κ3) is 2.52. The van der Waals surface area contributed by atoms with Crippen LogP contribution in [0.1, 0.15) is 36.3 Å². The molecule has 4 atom stereocenters. The highest BCUT2D eigenvalue weighted by molar-refractivity contribution is 6.31. The number of rotatable bonds is 1. The van der Waals surface area contributed by atoms with E-state index in [-0.39, 0.29) is 27.4 Å². The lowest BCUT2D eigenvalue weighted by molar-refractivity contribution is -0.125. The van der Waals surface area contributed by atoms with Crippen molar-refractivity contribution in [2.75, 3.05) is 5.32 Å². The van der Waals surface area contributed by atoms with Crippen molar-refractivity contribution >= 4 is 40.6 Å². The van der Waals surface area contributed by atoms with Crippen LogP contribution in [-0.2, 0) is 15.1 Å². The lowest BCUT2D eigenvalue weighted by Crippen LogP contribution is -2.49. The van der Waals surface area contributed by atoms with Gasteiger partial charge in [0.05, 0.1) is 10.0 Å². The number of ketones is 1. The molecular formula is C21H16Cl2F2N2O2. The molecule has 0 radical (unpaired) electrons. The molecule has 2 aromatic rings. The predicted octanol–water partition coefficient (Wildman–Crippen LogP) is 4.54. The first-order valence-electron chi connectivity index (χ1n) is 9.40. The number of nitrogens with one attached hydrogen (secondary N) is 2. The van der Waals surface area contributed by atoms with Crippen molar-refractivity contribution in [3.63, 3.8) is 0 Å². The zero-order valence-electron chi connectivity index (χ0n) is 15.1. The van der Waals surface area contributed by atoms with Crippen LogP contribution in [0.3, 0.4) is 0 Å². The Morgan fingerprint density at radius 1 is 1.10 bits per heavy atom. The molecule has 0 bridgehead atoms. The average molecular weight is 437 g/mol. The van der Waals surface area contributed by atoms with Crippen LogP contribution in [0.4, 0.5) is 14.5 Å². The van der Waals surface area contributed by atoms with Gasteiger partial charge in [-0.3, -0.25) is 14.9 Å². The van der Waals surface area contributed by atoms with E-state index in [4.69, 9.17) is 23.2 Å². The van der Waals surface area contributed by atoms with E-state index < -0.39 is 34.9 Å². The normalized spacial score (nSPS) is 30.4. The summed E-state index contributed by atoms with van der Waals surface area (Å²) in [5, 5.41) is 5.81. The van der Waals surface area contributed by atoms with Crippen LogP contribution < -0.4 is 10.6 Å². The largest absolute Gasteiger partial charge is 0.324 e. The van der Waals surface area contributed by atoms with E-state index in [9.17, 15) is 14.0 Å². The number of carbonyl (C=O) groups is 2. The Bertz CT molecular complexity index is 1080. The molecule has 1 spiro atoms. The summed E-state index contributed by atoms with van der Waals surface area (Å²) in [6.07, 6.45) is 1.70. The van der Waals surface area contributed by atoms with Gasteiger partial charge in [-0.05, 0) is 36.6 Å². The maximum atomic E-state index is 15.1. The summed E-state index contributed by atoms with van der Waals surface area (Å²) in [5.74, 6) is -3.33. The SMILES string of the molecule is O=C1CCC[C@@H]2N[C@@]3(C(=O)Nc4cc(Cl)c(F)cc43)[C@@H](c3cccc(Cl)c3F)[C@H]12. The quantitative estimate of drug-likeness (QED) is 0.689. The smallest absolute Gasteiger partial charge is 0.250 e. The van der Waals surface area contributed by atoms with Gasteiger partial charge in [-0.15, -0.1) is 0 Å². The van der Waals surface area contributed by atoms with Crippen molar-refractivity contribution in [2.45, 2.75) is 36.8 Å². The van der Waals surface area contributed by atoms with Crippen LogP contribution in [0.2, 0.25) is 10.0 Å². The molecule has 1 amide bonds. The fraction of sp³-hybridized carbons (Fsp3) is 0.333. The number of amides is 1. The van der Waals surface area contributed by atoms with E-state index in [1.165, 1.54) is 24.3 Å². The van der Waals surface area contributed by atoms with Crippen molar-refractivity contribution < 1.29 is 18.4 Å². The first kappa shape index (κ1) is 19.0. The zero-order chi connectivity index (χ0) is 20.5. The minimum atomic E-state index is -1.48. The van der Waals surface area contributed by atoms with E-state index in [0.717, 1.165) is 0 Å². The highest BCUT2D eigenvalue weighted by atomic mass is 35.5. The van der Waals surface area contributed by atoms with Gasteiger partial charge < -0.3 is 5.32 Å². The first-order chi connectivity index (χ1) is 13.8. The third-order valence-electron chi connectivity index (χ3n) is 6.39. The minimum absolute atomic E-state index is 0.0364. The van der Waals surface area contributed by atoms with Crippen molar-refractivity contribution in [3.05, 3.63) is 63.1 Å². The Kier molecular flexibility index (Phi) is 4.25. The van der Waals surface area contributed by atoms with Crippen molar-refractivity contribution in [2.24, 2.45) is 5.92 Å². The van der Waals surface area contributed by atoms with Crippen LogP contribution in [0.15, 0.2) is 30.3 Å². The molecule has 2 heterocycles. The van der Waals surface area contributed by atoms with Crippen LogP contribution in [0.25, 0.3) is 0 Å². The van der Waals surface area contributed by atoms with Gasteiger partial charge in [0.2, 0.25) is 5.91 Å². The van der Waals surface area contributed by atoms with Crippen molar-refractivity contribution in [1.29, 1.82) is 0 Å². The van der Waals surface area contributed by atoms with Crippen LogP contribution >= 0.6 is 23.2 Å². The molecule has 150 valence electrons. The summed E-state index contributed by atoms with van der Waals surface area (Å²) in [4.78, 5) is 26.2. The molecule has 0 unspecified atom stereocenters. The summed E-state index contributed by atoms with van der Waals surface area (Å²) >= 11 is 11.9. The van der Waals surface area contributed by atoms with Gasteiger partial charge >= 0.3 is 0 Å². The molecule has 2 fully saturated rings. The summed E-state index contributed by atoms with van der Waals surface area (Å²) in [5.41, 5.74) is -0.628. The molecule has 8 heteroatoms. The lowest BCUT2D eigenvalue weighted by Gasteiger charge is -2.32. The van der Waals surface area contributed by atoms with E-state index in [2.05, 4.69) is 10.6 Å². The molecule has 2 aliphatic heterocycles. The molecule has 1 saturated carbocycles. The highest BCUT2D eigenvalue weighted by Crippen LogP contribution is 2.57. The second-order valence-electron chi connectivity index (χ2n) is 7.83. The molecule has 4 nitrogen and oxygen atoms in total. The fourth-order valence-electron chi connectivity index (χ4n) is 5.26. The molecule has 29 heavy (non-hydrogen) atoms. The maximum Gasteiger partial charge on any atom is 0.250 e. The second kappa shape index (κ2) is 6.49. The monoisotopic (exact) mass is 436 g/mol. The highest BCUT2D eigenvalue weighted by Gasteiger charge is 2.64. The number of hydrogen-bond donors (Lipinski definition) is 2. The number of halogens is 4. The van der Waals surface area contributed by atoms with Crippen LogP contribution in [-0.4, -0.2) is 17.7 Å². The fourth-order valence-corrected chi connectivity index (χ4v) is 5.60. The molecule has 3 aliphatic rings. The van der Waals surface area contributed by atoms with Gasteiger partial charge in [0.1, 0.15) is 23.0 Å². The minimum Gasteiger partial charge on any atom is -0.324 e. The van der Waals surface area contributed by atoms with Crippen molar-refractivity contribution in [3.8, 4) is 0 Å². The Hall–Kier alpha value is -2.02. The molecule has 1 aliphatic carbocycles. The Morgan fingerprint density at radius 2 is 1.90 bits per heavy atom. The summed E-state index contributed by atoms with van der Waals surface area (Å²) in [7, 11) is 0. The van der Waals surface area contributed by atoms with Gasteiger partial charge in [-0.1, -0.05) is 35.3 Å². The topological polar surface area (TPSA) is 58.2 Å². The number of carbonyl (C=O) groups excluding carboxylic acids is 2. The molecule has 1 saturated heterocycles. The van der Waals surface area contributed by atoms with Gasteiger partial charge in [0.15, 0.2) is 0 Å². The van der Waals surface area contributed by atoms with Gasteiger partial charge in [0, 0.05) is 35.5 Å². The first-order valence-corrected chi connectivity index (χ1v) is 10.2. The molecule has 2 aromatic carbocycles. The second-order valence-corrected chi connectivity index (χ2v) is 8.64. The van der Waals surface area contributed by atoms with E-state index in [0.29, 0.717) is 30.5 Å². The predicted molar refractivity (Wildman–Crippen MR) is 105 cm³/mol. The average Bonchev–Trinajstić information content (AvgIpc) is 3.15. The van der Waals surface area contributed by atoms with Gasteiger partial charge in [-0.25, -0.2) is 8.78 Å². The molecule has 0 aromatic heterocycles. The molecular weight excluding hydrogens is 421 g/mol. The summed E-state index contributed by atoms with van der Waals surface area (Å²) in [6.45, 7) is 0. The lowest BCUT2D eigenvalue weighted by atomic mass is 9.68. The Balaban J connectivity index is 1.80. The Labute approximate surface area is 175 Å². The maximum absolute atomic E-state index is 15.1. The number of Topliss-reactive ketones (excluding diaryl/α,β-unsaturated/α-hetero) is 1. The number of fused-ring (bicyclic) bond motifs is 3. The Morgan fingerprint density at radius 3 is 2.69 bits per heavy atom. The van der Waals surface area contributed by atoms with E-state index in [1.807, 2.05) is 0 Å². The number of benzene rings is 2. The molecule has 2 N–H and O–H groups in total. The van der Waals surface area contributed by atoms with E-state index in [1.54, 1.807) is 6.07 Å². The van der Waals surface area contributed by atoms with Crippen LogP contribution in [0.5, 0.6) is 0 Å². The summed E-state index contributed by atoms with van der Waals surface area (Å²) in [6, 6.07) is 6.76. The summed E-state index contributed by atoms with van der Waals surface area (Å²) < 4.78 is 29.5. The number of anilines is 1. The van der Waals surface area contributed by atoms with E-state index >= 15 is 4.39 Å².